The predicted molar refractivity (Wildman–Crippen MR) is 164 cm³/mol. The summed E-state index contributed by atoms with van der Waals surface area (Å²) in [7, 11) is 5.56. The molecule has 0 aliphatic rings. The molecule has 5 aromatic rings. The van der Waals surface area contributed by atoms with Crippen molar-refractivity contribution >= 4 is 17.4 Å². The third-order valence-electron chi connectivity index (χ3n) is 7.13. The SMILES string of the molecule is C=CC(C)C[SiH2]C(c1ccccc1)(c1ccccc1)n1ccnc1.[B]C(c1ccccc1)c1ccccc1. The summed E-state index contributed by atoms with van der Waals surface area (Å²) < 4.78 is 2.31. The van der Waals surface area contributed by atoms with Crippen LogP contribution in [-0.2, 0) is 5.16 Å². The Kier molecular flexibility index (Phi) is 9.72. The van der Waals surface area contributed by atoms with Crippen molar-refractivity contribution in [1.29, 1.82) is 0 Å². The largest absolute Gasteiger partial charge is 0.327 e. The minimum atomic E-state index is -0.554. The van der Waals surface area contributed by atoms with Crippen molar-refractivity contribution in [3.8, 4) is 0 Å². The van der Waals surface area contributed by atoms with Gasteiger partial charge in [-0.25, -0.2) is 4.98 Å². The maximum absolute atomic E-state index is 6.12. The molecule has 5 rings (SSSR count). The van der Waals surface area contributed by atoms with Crippen molar-refractivity contribution in [2.75, 3.05) is 0 Å². The van der Waals surface area contributed by atoms with Crippen LogP contribution in [-0.4, -0.2) is 26.9 Å². The monoisotopic (exact) mass is 510 g/mol. The smallest absolute Gasteiger partial charge is 0.0953 e. The van der Waals surface area contributed by atoms with Crippen molar-refractivity contribution in [2.45, 2.75) is 23.9 Å². The Labute approximate surface area is 231 Å². The van der Waals surface area contributed by atoms with Crippen molar-refractivity contribution in [3.63, 3.8) is 0 Å². The maximum atomic E-state index is 6.12. The summed E-state index contributed by atoms with van der Waals surface area (Å²) in [6.45, 7) is 6.23. The van der Waals surface area contributed by atoms with Gasteiger partial charge in [-0.3, -0.25) is 0 Å². The normalized spacial score (nSPS) is 12.2. The van der Waals surface area contributed by atoms with Gasteiger partial charge in [-0.2, -0.15) is 0 Å². The van der Waals surface area contributed by atoms with E-state index in [0.29, 0.717) is 5.92 Å². The molecule has 0 aliphatic heterocycles. The highest BCUT2D eigenvalue weighted by Crippen LogP contribution is 2.34. The van der Waals surface area contributed by atoms with Gasteiger partial charge in [0, 0.05) is 12.4 Å². The summed E-state index contributed by atoms with van der Waals surface area (Å²) in [5.41, 5.74) is 4.99. The lowest BCUT2D eigenvalue weighted by Crippen LogP contribution is -2.42. The van der Waals surface area contributed by atoms with E-state index in [-0.39, 0.29) is 11.0 Å². The lowest BCUT2D eigenvalue weighted by atomic mass is 9.76. The van der Waals surface area contributed by atoms with E-state index in [9.17, 15) is 0 Å². The highest BCUT2D eigenvalue weighted by Gasteiger charge is 2.35. The molecule has 1 unspecified atom stereocenters. The molecule has 0 spiro atoms. The second-order valence-electron chi connectivity index (χ2n) is 9.61. The second kappa shape index (κ2) is 13.6. The topological polar surface area (TPSA) is 17.8 Å². The molecule has 2 nitrogen and oxygen atoms in total. The molecule has 0 fully saturated rings. The number of imidazole rings is 1. The van der Waals surface area contributed by atoms with Crippen LogP contribution in [0.2, 0.25) is 6.04 Å². The van der Waals surface area contributed by atoms with E-state index in [0.717, 1.165) is 11.1 Å². The van der Waals surface area contributed by atoms with Crippen LogP contribution in [0.4, 0.5) is 0 Å². The van der Waals surface area contributed by atoms with Crippen LogP contribution in [0.3, 0.4) is 0 Å². The van der Waals surface area contributed by atoms with Gasteiger partial charge in [0.15, 0.2) is 0 Å². The van der Waals surface area contributed by atoms with Crippen molar-refractivity contribution in [1.82, 2.24) is 9.55 Å². The molecule has 38 heavy (non-hydrogen) atoms. The average Bonchev–Trinajstić information content (AvgIpc) is 3.55. The first-order chi connectivity index (χ1) is 18.6. The Balaban J connectivity index is 0.000000204. The van der Waals surface area contributed by atoms with E-state index in [4.69, 9.17) is 7.85 Å². The molecular weight excluding hydrogens is 475 g/mol. The first-order valence-electron chi connectivity index (χ1n) is 13.2. The highest BCUT2D eigenvalue weighted by molar-refractivity contribution is 6.41. The zero-order valence-electron chi connectivity index (χ0n) is 22.1. The molecule has 0 amide bonds. The Hall–Kier alpha value is -3.89. The quantitative estimate of drug-likeness (QED) is 0.154. The standard InChI is InChI=1S/C21H24N2Si.C13H11B/c1-3-18(2)16-24-21(23-15-14-22-17-23,19-10-6-4-7-11-19)20-12-8-5-9-13-20;14-13(11-7-3-1-4-8-11)12-9-5-2-6-10-12/h3-15,17-18H,1,16,24H2,2H3;1-10,13H. The number of hydrogen-bond acceptors (Lipinski definition) is 1. The Morgan fingerprint density at radius 1 is 0.789 bits per heavy atom. The van der Waals surface area contributed by atoms with Gasteiger partial charge in [-0.15, -0.1) is 6.58 Å². The third-order valence-corrected chi connectivity index (χ3v) is 10.2. The van der Waals surface area contributed by atoms with Gasteiger partial charge in [0.1, 0.15) is 0 Å². The van der Waals surface area contributed by atoms with Crippen LogP contribution in [0.1, 0.15) is 35.0 Å². The summed E-state index contributed by atoms with van der Waals surface area (Å²) >= 11 is 0. The number of rotatable bonds is 9. The molecule has 0 bridgehead atoms. The van der Waals surface area contributed by atoms with Crippen LogP contribution in [0.5, 0.6) is 0 Å². The van der Waals surface area contributed by atoms with Gasteiger partial charge >= 0.3 is 0 Å². The third kappa shape index (κ3) is 6.51. The van der Waals surface area contributed by atoms with Gasteiger partial charge < -0.3 is 4.57 Å². The average molecular weight is 511 g/mol. The first kappa shape index (κ1) is 27.2. The van der Waals surface area contributed by atoms with Gasteiger partial charge in [0.25, 0.3) is 0 Å². The van der Waals surface area contributed by atoms with Gasteiger partial charge in [-0.05, 0) is 34.0 Å². The van der Waals surface area contributed by atoms with E-state index in [1.165, 1.54) is 17.2 Å². The van der Waals surface area contributed by atoms with Gasteiger partial charge in [-0.1, -0.05) is 140 Å². The molecular formula is C34H35BN2Si. The number of aromatic nitrogens is 2. The lowest BCUT2D eigenvalue weighted by molar-refractivity contribution is 0.585. The van der Waals surface area contributed by atoms with Crippen molar-refractivity contribution in [2.24, 2.45) is 5.92 Å². The summed E-state index contributed by atoms with van der Waals surface area (Å²) in [5, 5.41) is -0.115. The fourth-order valence-electron chi connectivity index (χ4n) is 4.86. The first-order valence-corrected chi connectivity index (χ1v) is 14.9. The van der Waals surface area contributed by atoms with Gasteiger partial charge in [0.05, 0.1) is 28.9 Å². The van der Waals surface area contributed by atoms with E-state index >= 15 is 0 Å². The van der Waals surface area contributed by atoms with E-state index < -0.39 is 9.52 Å². The minimum absolute atomic E-state index is 0.0163. The zero-order chi connectivity index (χ0) is 26.6. The maximum Gasteiger partial charge on any atom is 0.0953 e. The summed E-state index contributed by atoms with van der Waals surface area (Å²) in [6, 6.07) is 43.2. The predicted octanol–water partition coefficient (Wildman–Crippen LogP) is 6.99. The van der Waals surface area contributed by atoms with Crippen LogP contribution < -0.4 is 0 Å². The summed E-state index contributed by atoms with van der Waals surface area (Å²) in [5.74, 6) is 0.518. The van der Waals surface area contributed by atoms with Gasteiger partial charge in [0.2, 0.25) is 0 Å². The number of hydrogen-bond donors (Lipinski definition) is 0. The lowest BCUT2D eigenvalue weighted by Gasteiger charge is -2.37. The summed E-state index contributed by atoms with van der Waals surface area (Å²) in [4.78, 5) is 4.35. The van der Waals surface area contributed by atoms with Crippen molar-refractivity contribution < 1.29 is 0 Å². The Bertz CT molecular complexity index is 1260. The summed E-state index contributed by atoms with van der Waals surface area (Å²) in [6.07, 6.45) is 8.02. The molecule has 0 aliphatic carbocycles. The van der Waals surface area contributed by atoms with E-state index in [2.05, 4.69) is 120 Å². The molecule has 1 heterocycles. The second-order valence-corrected chi connectivity index (χ2v) is 11.7. The fourth-order valence-corrected chi connectivity index (χ4v) is 7.47. The number of benzene rings is 4. The Morgan fingerprint density at radius 2 is 1.24 bits per heavy atom. The molecule has 188 valence electrons. The molecule has 0 N–H and O–H groups in total. The van der Waals surface area contributed by atoms with Crippen LogP contribution in [0.25, 0.3) is 0 Å². The molecule has 1 aromatic heterocycles. The van der Waals surface area contributed by atoms with Crippen LogP contribution in [0, 0.1) is 5.92 Å². The van der Waals surface area contributed by atoms with E-state index in [1.54, 1.807) is 0 Å². The molecule has 2 radical (unpaired) electrons. The minimum Gasteiger partial charge on any atom is -0.327 e. The van der Waals surface area contributed by atoms with Crippen LogP contribution >= 0.6 is 0 Å². The molecule has 1 atom stereocenters. The highest BCUT2D eigenvalue weighted by atomic mass is 28.2. The molecule has 4 heteroatoms. The number of allylic oxidation sites excluding steroid dienone is 1. The van der Waals surface area contributed by atoms with Crippen LogP contribution in [0.15, 0.2) is 153 Å². The zero-order valence-corrected chi connectivity index (χ0v) is 23.5. The molecule has 0 saturated heterocycles. The molecule has 4 aromatic carbocycles. The van der Waals surface area contributed by atoms with E-state index in [1.807, 2.05) is 48.9 Å². The van der Waals surface area contributed by atoms with Crippen molar-refractivity contribution in [3.05, 3.63) is 175 Å². The molecule has 0 saturated carbocycles. The fraction of sp³-hybridized carbons (Fsp3) is 0.147. The Morgan fingerprint density at radius 3 is 1.63 bits per heavy atom. The number of nitrogens with zero attached hydrogens (tertiary/aromatic N) is 2.